The van der Waals surface area contributed by atoms with E-state index in [0.29, 0.717) is 38.0 Å². The highest BCUT2D eigenvalue weighted by atomic mass is 32.2. The minimum atomic E-state index is -3.83. The summed E-state index contributed by atoms with van der Waals surface area (Å²) in [5.41, 5.74) is 7.82. The van der Waals surface area contributed by atoms with Crippen LogP contribution < -0.4 is 16.0 Å². The molecule has 3 aromatic rings. The molecule has 10 heteroatoms. The smallest absolute Gasteiger partial charge is 0.243 e. The number of amides is 1. The molecule has 0 unspecified atom stereocenters. The number of aliphatic hydroxyl groups is 1. The number of nitrogens with one attached hydrogen (secondary N) is 1. The highest BCUT2D eigenvalue weighted by molar-refractivity contribution is 7.89. The number of carbonyl (C=O) groups excluding carboxylic acids is 1. The highest BCUT2D eigenvalue weighted by Crippen LogP contribution is 2.23. The zero-order valence-corrected chi connectivity index (χ0v) is 24.6. The molecule has 1 atom stereocenters. The first-order valence-electron chi connectivity index (χ1n) is 13.9. The highest BCUT2D eigenvalue weighted by Gasteiger charge is 2.31. The number of para-hydroxylation sites is 1. The summed E-state index contributed by atoms with van der Waals surface area (Å²) in [6.07, 6.45) is 1.68. The molecule has 3 aromatic carbocycles. The van der Waals surface area contributed by atoms with Crippen LogP contribution in [0.5, 0.6) is 0 Å². The van der Waals surface area contributed by atoms with Crippen LogP contribution in [0.25, 0.3) is 0 Å². The predicted molar refractivity (Wildman–Crippen MR) is 161 cm³/mol. The number of aliphatic hydroxyl groups excluding tert-OH is 1. The Morgan fingerprint density at radius 3 is 2.34 bits per heavy atom. The van der Waals surface area contributed by atoms with Gasteiger partial charge in [0.05, 0.1) is 18.0 Å². The number of nitrogens with zero attached hydrogens (tertiary/aromatic N) is 2. The average Bonchev–Trinajstić information content (AvgIpc) is 2.94. The van der Waals surface area contributed by atoms with Crippen molar-refractivity contribution in [3.05, 3.63) is 90.2 Å². The Kier molecular flexibility index (Phi) is 12.1. The molecule has 0 spiro atoms. The zero-order chi connectivity index (χ0) is 29.8. The number of anilines is 2. The fourth-order valence-electron chi connectivity index (χ4n) is 4.60. The van der Waals surface area contributed by atoms with E-state index >= 15 is 0 Å². The Bertz CT molecular complexity index is 1340. The number of hydrogen-bond acceptors (Lipinski definition) is 6. The molecule has 0 aliphatic carbocycles. The van der Waals surface area contributed by atoms with Crippen LogP contribution in [0, 0.1) is 11.7 Å². The van der Waals surface area contributed by atoms with Gasteiger partial charge < -0.3 is 21.1 Å². The van der Waals surface area contributed by atoms with Crippen LogP contribution in [0.15, 0.2) is 83.8 Å². The van der Waals surface area contributed by atoms with Gasteiger partial charge in [0.15, 0.2) is 0 Å². The molecule has 0 aromatic heterocycles. The minimum absolute atomic E-state index is 0.0619. The molecule has 0 saturated heterocycles. The van der Waals surface area contributed by atoms with Crippen LogP contribution in [0.4, 0.5) is 15.8 Å². The average molecular weight is 585 g/mol. The second-order valence-electron chi connectivity index (χ2n) is 10.5. The van der Waals surface area contributed by atoms with Gasteiger partial charge >= 0.3 is 0 Å². The summed E-state index contributed by atoms with van der Waals surface area (Å²) in [4.78, 5) is 14.8. The maximum absolute atomic E-state index is 13.7. The molecule has 41 heavy (non-hydrogen) atoms. The van der Waals surface area contributed by atoms with Crippen LogP contribution in [0.2, 0.25) is 0 Å². The van der Waals surface area contributed by atoms with Gasteiger partial charge in [-0.05, 0) is 72.9 Å². The molecule has 0 saturated carbocycles. The second-order valence-corrected chi connectivity index (χ2v) is 12.4. The third kappa shape index (κ3) is 9.84. The van der Waals surface area contributed by atoms with Crippen molar-refractivity contribution in [1.82, 2.24) is 9.62 Å². The van der Waals surface area contributed by atoms with Crippen molar-refractivity contribution >= 4 is 27.3 Å². The van der Waals surface area contributed by atoms with E-state index in [1.54, 1.807) is 18.2 Å². The van der Waals surface area contributed by atoms with Crippen LogP contribution >= 0.6 is 0 Å². The molecular weight excluding hydrogens is 543 g/mol. The first kappa shape index (κ1) is 32.0. The zero-order valence-electron chi connectivity index (χ0n) is 23.7. The van der Waals surface area contributed by atoms with E-state index in [2.05, 4.69) is 5.32 Å². The number of carbonyl (C=O) groups is 1. The number of rotatable bonds is 16. The SMILES string of the molecule is CC(C)CN([C@H](CO)CCCCNC(=O)CN(Cc1cccc(F)c1)c1ccccc1)S(=O)(=O)c1ccc(N)cc1. The molecule has 0 aliphatic rings. The van der Waals surface area contributed by atoms with Gasteiger partial charge in [0.2, 0.25) is 15.9 Å². The summed E-state index contributed by atoms with van der Waals surface area (Å²) in [5.74, 6) is -0.433. The number of halogens is 1. The summed E-state index contributed by atoms with van der Waals surface area (Å²) >= 11 is 0. The Hall–Kier alpha value is -3.47. The lowest BCUT2D eigenvalue weighted by Gasteiger charge is -2.31. The molecule has 0 radical (unpaired) electrons. The molecule has 0 aliphatic heterocycles. The van der Waals surface area contributed by atoms with E-state index in [0.717, 1.165) is 11.3 Å². The van der Waals surface area contributed by atoms with E-state index < -0.39 is 16.1 Å². The summed E-state index contributed by atoms with van der Waals surface area (Å²) < 4.78 is 41.9. The van der Waals surface area contributed by atoms with Gasteiger partial charge in [0, 0.05) is 37.1 Å². The number of hydrogen-bond donors (Lipinski definition) is 3. The third-order valence-electron chi connectivity index (χ3n) is 6.65. The normalized spacial score (nSPS) is 12.4. The minimum Gasteiger partial charge on any atom is -0.399 e. The van der Waals surface area contributed by atoms with E-state index in [9.17, 15) is 22.7 Å². The van der Waals surface area contributed by atoms with Gasteiger partial charge in [-0.3, -0.25) is 4.79 Å². The Morgan fingerprint density at radius 2 is 1.71 bits per heavy atom. The molecule has 1 amide bonds. The number of nitrogens with two attached hydrogens (primary N) is 1. The van der Waals surface area contributed by atoms with Gasteiger partial charge in [0.25, 0.3) is 0 Å². The summed E-state index contributed by atoms with van der Waals surface area (Å²) in [6, 6.07) is 21.3. The Balaban J connectivity index is 1.55. The van der Waals surface area contributed by atoms with Gasteiger partial charge in [0.1, 0.15) is 5.82 Å². The molecule has 8 nitrogen and oxygen atoms in total. The first-order valence-corrected chi connectivity index (χ1v) is 15.3. The van der Waals surface area contributed by atoms with Crippen molar-refractivity contribution in [2.75, 3.05) is 36.9 Å². The number of benzene rings is 3. The summed E-state index contributed by atoms with van der Waals surface area (Å²) in [6.45, 7) is 4.72. The molecular formula is C31H41FN4O4S. The van der Waals surface area contributed by atoms with Crippen molar-refractivity contribution in [2.24, 2.45) is 5.92 Å². The van der Waals surface area contributed by atoms with E-state index in [1.165, 1.54) is 28.6 Å². The van der Waals surface area contributed by atoms with Gasteiger partial charge in [-0.1, -0.05) is 50.6 Å². The molecule has 4 N–H and O–H groups in total. The quantitative estimate of drug-likeness (QED) is 0.170. The van der Waals surface area contributed by atoms with Crippen LogP contribution in [-0.2, 0) is 21.4 Å². The molecule has 0 bridgehead atoms. The van der Waals surface area contributed by atoms with Crippen molar-refractivity contribution in [2.45, 2.75) is 50.6 Å². The first-order chi connectivity index (χ1) is 19.6. The standard InChI is InChI=1S/C31H41FN4O4S/c1-24(2)20-36(41(39,40)30-16-14-27(33)15-17-30)29(23-37)13-6-7-18-34-31(38)22-35(28-11-4-3-5-12-28)21-25-9-8-10-26(32)19-25/h3-5,8-12,14-17,19,24,29,37H,6-7,13,18,20-23,33H2,1-2H3,(H,34,38)/t29-/m0/s1. The van der Waals surface area contributed by atoms with E-state index in [1.807, 2.05) is 55.1 Å². The number of unbranched alkanes of at least 4 members (excludes halogenated alkanes) is 1. The van der Waals surface area contributed by atoms with Crippen LogP contribution in [0.3, 0.4) is 0 Å². The van der Waals surface area contributed by atoms with Crippen molar-refractivity contribution < 1.29 is 22.7 Å². The van der Waals surface area contributed by atoms with E-state index in [4.69, 9.17) is 5.73 Å². The lowest BCUT2D eigenvalue weighted by atomic mass is 10.1. The van der Waals surface area contributed by atoms with Crippen LogP contribution in [0.1, 0.15) is 38.7 Å². The largest absolute Gasteiger partial charge is 0.399 e. The predicted octanol–water partition coefficient (Wildman–Crippen LogP) is 4.41. The third-order valence-corrected chi connectivity index (χ3v) is 8.59. The lowest BCUT2D eigenvalue weighted by Crippen LogP contribution is -2.44. The van der Waals surface area contributed by atoms with Gasteiger partial charge in [-0.25, -0.2) is 12.8 Å². The maximum atomic E-state index is 13.7. The summed E-state index contributed by atoms with van der Waals surface area (Å²) in [5, 5.41) is 13.1. The lowest BCUT2D eigenvalue weighted by molar-refractivity contribution is -0.119. The number of nitrogen functional groups attached to an aromatic ring is 1. The molecule has 222 valence electrons. The fourth-order valence-corrected chi connectivity index (χ4v) is 6.41. The molecule has 0 fully saturated rings. The molecule has 3 rings (SSSR count). The fraction of sp³-hybridized carbons (Fsp3) is 0.387. The maximum Gasteiger partial charge on any atom is 0.243 e. The van der Waals surface area contributed by atoms with Crippen LogP contribution in [-0.4, -0.2) is 56.0 Å². The van der Waals surface area contributed by atoms with E-state index in [-0.39, 0.29) is 42.2 Å². The summed E-state index contributed by atoms with van der Waals surface area (Å²) in [7, 11) is -3.83. The Labute approximate surface area is 243 Å². The number of sulfonamides is 1. The second kappa shape index (κ2) is 15.5. The Morgan fingerprint density at radius 1 is 1.00 bits per heavy atom. The molecule has 0 heterocycles. The van der Waals surface area contributed by atoms with Crippen molar-refractivity contribution in [1.29, 1.82) is 0 Å². The van der Waals surface area contributed by atoms with Gasteiger partial charge in [-0.2, -0.15) is 4.31 Å². The topological polar surface area (TPSA) is 116 Å². The van der Waals surface area contributed by atoms with Gasteiger partial charge in [-0.15, -0.1) is 0 Å². The van der Waals surface area contributed by atoms with Crippen molar-refractivity contribution in [3.8, 4) is 0 Å². The van der Waals surface area contributed by atoms with Crippen molar-refractivity contribution in [3.63, 3.8) is 0 Å². The monoisotopic (exact) mass is 584 g/mol.